The van der Waals surface area contributed by atoms with Crippen LogP contribution in [-0.4, -0.2) is 75.3 Å². The van der Waals surface area contributed by atoms with Crippen LogP contribution in [0.25, 0.3) is 0 Å². The molecule has 0 saturated carbocycles. The van der Waals surface area contributed by atoms with Crippen LogP contribution < -0.4 is 15.0 Å². The molecule has 2 aromatic rings. The number of ether oxygens (including phenoxy) is 3. The van der Waals surface area contributed by atoms with Crippen molar-refractivity contribution in [3.8, 4) is 5.75 Å². The number of piperazine rings is 1. The summed E-state index contributed by atoms with van der Waals surface area (Å²) in [4.78, 5) is 41.8. The molecule has 1 unspecified atom stereocenters. The minimum atomic E-state index is -0.876. The Labute approximate surface area is 239 Å². The summed E-state index contributed by atoms with van der Waals surface area (Å²) in [6.07, 6.45) is 0.639. The first-order valence-corrected chi connectivity index (χ1v) is 13.5. The van der Waals surface area contributed by atoms with Gasteiger partial charge in [0.05, 0.1) is 48.5 Å². The highest BCUT2D eigenvalue weighted by atomic mass is 16.6. The Morgan fingerprint density at radius 2 is 1.66 bits per heavy atom. The Kier molecular flexibility index (Phi) is 9.61. The monoisotopic (exact) mass is 564 g/mol. The fraction of sp³-hybridized carbons (Fsp3) is 0.400. The number of nitrogens with zero attached hydrogens (tertiary/aromatic N) is 3. The van der Waals surface area contributed by atoms with E-state index in [2.05, 4.69) is 21.2 Å². The molecule has 2 aliphatic rings. The van der Waals surface area contributed by atoms with E-state index in [0.717, 1.165) is 44.2 Å². The molecule has 1 saturated heterocycles. The van der Waals surface area contributed by atoms with Crippen LogP contribution in [0.4, 0.5) is 11.4 Å². The number of nitro benzene ring substituents is 1. The number of nitro groups is 1. The van der Waals surface area contributed by atoms with Gasteiger partial charge in [0.2, 0.25) is 0 Å². The number of non-ortho nitro benzene ring substituents is 1. The zero-order chi connectivity index (χ0) is 29.5. The number of hydrogen-bond acceptors (Lipinski definition) is 10. The molecule has 1 atom stereocenters. The first-order valence-electron chi connectivity index (χ1n) is 13.5. The summed E-state index contributed by atoms with van der Waals surface area (Å²) in [6, 6.07) is 13.9. The maximum Gasteiger partial charge on any atom is 0.336 e. The van der Waals surface area contributed by atoms with E-state index in [9.17, 15) is 19.7 Å². The summed E-state index contributed by atoms with van der Waals surface area (Å²) in [5.41, 5.74) is 2.83. The van der Waals surface area contributed by atoms with E-state index in [1.54, 1.807) is 27.0 Å². The van der Waals surface area contributed by atoms with Crippen LogP contribution >= 0.6 is 0 Å². The normalized spacial score (nSPS) is 17.7. The molecule has 11 heteroatoms. The Balaban J connectivity index is 1.40. The first-order chi connectivity index (χ1) is 19.7. The van der Waals surface area contributed by atoms with Crippen molar-refractivity contribution in [1.29, 1.82) is 0 Å². The highest BCUT2D eigenvalue weighted by Crippen LogP contribution is 2.40. The SMILES string of the molecule is COC(=O)C1=C(C)NC(C)=C(C(=O)OCCCN2CCN(c3ccccc3OC)CC2)C1c1cccc([N+](=O)[O-])c1. The van der Waals surface area contributed by atoms with Crippen molar-refractivity contribution in [1.82, 2.24) is 10.2 Å². The predicted molar refractivity (Wildman–Crippen MR) is 154 cm³/mol. The van der Waals surface area contributed by atoms with Gasteiger partial charge in [0.15, 0.2) is 0 Å². The number of esters is 2. The van der Waals surface area contributed by atoms with Crippen molar-refractivity contribution in [2.75, 3.05) is 58.5 Å². The maximum absolute atomic E-state index is 13.4. The topological polar surface area (TPSA) is 123 Å². The number of rotatable bonds is 10. The Hall–Kier alpha value is -4.38. The third-order valence-electron chi connectivity index (χ3n) is 7.45. The third kappa shape index (κ3) is 6.68. The molecule has 0 radical (unpaired) electrons. The van der Waals surface area contributed by atoms with Crippen molar-refractivity contribution < 1.29 is 28.7 Å². The number of allylic oxidation sites excluding steroid dienone is 2. The zero-order valence-electron chi connectivity index (χ0n) is 23.8. The minimum Gasteiger partial charge on any atom is -0.495 e. The van der Waals surface area contributed by atoms with E-state index in [0.29, 0.717) is 23.4 Å². The number of benzene rings is 2. The lowest BCUT2D eigenvalue weighted by atomic mass is 9.80. The van der Waals surface area contributed by atoms with Crippen LogP contribution in [0.3, 0.4) is 0 Å². The Bertz CT molecular complexity index is 1360. The Morgan fingerprint density at radius 1 is 0.976 bits per heavy atom. The first kappa shape index (κ1) is 29.6. The van der Waals surface area contributed by atoms with E-state index in [1.165, 1.54) is 25.3 Å². The van der Waals surface area contributed by atoms with Crippen molar-refractivity contribution in [3.05, 3.63) is 86.7 Å². The number of hydrogen-bond donors (Lipinski definition) is 1. The number of nitrogens with one attached hydrogen (secondary N) is 1. The van der Waals surface area contributed by atoms with Gasteiger partial charge in [-0.3, -0.25) is 15.0 Å². The smallest absolute Gasteiger partial charge is 0.336 e. The zero-order valence-corrected chi connectivity index (χ0v) is 23.8. The van der Waals surface area contributed by atoms with Crippen molar-refractivity contribution >= 4 is 23.3 Å². The fourth-order valence-electron chi connectivity index (χ4n) is 5.43. The highest BCUT2D eigenvalue weighted by Gasteiger charge is 2.38. The van der Waals surface area contributed by atoms with Crippen LogP contribution in [-0.2, 0) is 19.1 Å². The number of methoxy groups -OCH3 is 2. The molecule has 0 bridgehead atoms. The summed E-state index contributed by atoms with van der Waals surface area (Å²) < 4.78 is 16.2. The summed E-state index contributed by atoms with van der Waals surface area (Å²) in [6.45, 7) is 7.87. The van der Waals surface area contributed by atoms with Crippen LogP contribution in [0, 0.1) is 10.1 Å². The summed E-state index contributed by atoms with van der Waals surface area (Å²) in [5, 5.41) is 14.5. The quantitative estimate of drug-likeness (QED) is 0.197. The number of carbonyl (C=O) groups excluding carboxylic acids is 2. The highest BCUT2D eigenvalue weighted by molar-refractivity contribution is 5.99. The lowest BCUT2D eigenvalue weighted by Crippen LogP contribution is -2.46. The van der Waals surface area contributed by atoms with E-state index >= 15 is 0 Å². The van der Waals surface area contributed by atoms with Crippen molar-refractivity contribution in [2.24, 2.45) is 0 Å². The van der Waals surface area contributed by atoms with Gasteiger partial charge in [-0.2, -0.15) is 0 Å². The lowest BCUT2D eigenvalue weighted by molar-refractivity contribution is -0.384. The molecule has 2 aliphatic heterocycles. The maximum atomic E-state index is 13.4. The van der Waals surface area contributed by atoms with E-state index in [1.807, 2.05) is 18.2 Å². The van der Waals surface area contributed by atoms with Crippen LogP contribution in [0.2, 0.25) is 0 Å². The van der Waals surface area contributed by atoms with Gasteiger partial charge in [-0.15, -0.1) is 0 Å². The molecule has 2 aromatic carbocycles. The third-order valence-corrected chi connectivity index (χ3v) is 7.45. The van der Waals surface area contributed by atoms with Crippen LogP contribution in [0.5, 0.6) is 5.75 Å². The average Bonchev–Trinajstić information content (AvgIpc) is 2.98. The van der Waals surface area contributed by atoms with Crippen LogP contribution in [0.1, 0.15) is 31.7 Å². The van der Waals surface area contributed by atoms with Crippen LogP contribution in [0.15, 0.2) is 71.1 Å². The minimum absolute atomic E-state index is 0.140. The number of dihydropyridines is 1. The van der Waals surface area contributed by atoms with E-state index in [-0.39, 0.29) is 23.4 Å². The molecule has 1 N–H and O–H groups in total. The lowest BCUT2D eigenvalue weighted by Gasteiger charge is -2.36. The number of anilines is 1. The van der Waals surface area contributed by atoms with Gasteiger partial charge in [-0.25, -0.2) is 9.59 Å². The second kappa shape index (κ2) is 13.3. The molecule has 2 heterocycles. The van der Waals surface area contributed by atoms with Gasteiger partial charge in [0.1, 0.15) is 5.75 Å². The van der Waals surface area contributed by atoms with Gasteiger partial charge in [-0.1, -0.05) is 24.3 Å². The number of carbonyl (C=O) groups is 2. The van der Waals surface area contributed by atoms with Gasteiger partial charge in [0.25, 0.3) is 5.69 Å². The largest absolute Gasteiger partial charge is 0.495 e. The van der Waals surface area contributed by atoms with Crippen molar-refractivity contribution in [2.45, 2.75) is 26.2 Å². The molecule has 1 fully saturated rings. The molecule has 218 valence electrons. The molecule has 4 rings (SSSR count). The molecule has 0 aromatic heterocycles. The number of para-hydroxylation sites is 2. The summed E-state index contributed by atoms with van der Waals surface area (Å²) >= 11 is 0. The van der Waals surface area contributed by atoms with Gasteiger partial charge in [0, 0.05) is 56.3 Å². The molecule has 0 aliphatic carbocycles. The summed E-state index contributed by atoms with van der Waals surface area (Å²) in [5.74, 6) is -1.23. The molecular weight excluding hydrogens is 528 g/mol. The van der Waals surface area contributed by atoms with Gasteiger partial charge in [-0.05, 0) is 38.0 Å². The van der Waals surface area contributed by atoms with Gasteiger partial charge < -0.3 is 24.4 Å². The predicted octanol–water partition coefficient (Wildman–Crippen LogP) is 3.77. The molecule has 0 spiro atoms. The second-order valence-corrected chi connectivity index (χ2v) is 9.97. The average molecular weight is 565 g/mol. The van der Waals surface area contributed by atoms with Crippen molar-refractivity contribution in [3.63, 3.8) is 0 Å². The second-order valence-electron chi connectivity index (χ2n) is 9.97. The molecular formula is C30H36N4O7. The standard InChI is InChI=1S/C30H36N4O7/c1-20-26(29(35)40-4)28(22-9-7-10-23(19-22)34(37)38)27(21(2)31-20)30(36)41-18-8-13-32-14-16-33(17-15-32)24-11-5-6-12-25(24)39-3/h5-7,9-12,19,28,31H,8,13-18H2,1-4H3. The molecule has 11 nitrogen and oxygen atoms in total. The van der Waals surface area contributed by atoms with E-state index < -0.39 is 22.8 Å². The summed E-state index contributed by atoms with van der Waals surface area (Å²) in [7, 11) is 2.93. The fourth-order valence-corrected chi connectivity index (χ4v) is 5.43. The van der Waals surface area contributed by atoms with E-state index in [4.69, 9.17) is 14.2 Å². The molecule has 41 heavy (non-hydrogen) atoms. The van der Waals surface area contributed by atoms with Gasteiger partial charge >= 0.3 is 11.9 Å². The Morgan fingerprint density at radius 3 is 2.32 bits per heavy atom. The molecule has 0 amide bonds.